The Morgan fingerprint density at radius 3 is 2.25 bits per heavy atom. The molecule has 0 aliphatic carbocycles. The predicted octanol–water partition coefficient (Wildman–Crippen LogP) is 2.99. The molecule has 0 saturated carbocycles. The lowest BCUT2D eigenvalue weighted by Crippen LogP contribution is -1.91. The highest BCUT2D eigenvalue weighted by molar-refractivity contribution is 8.17. The molecule has 0 unspecified atom stereocenters. The van der Waals surface area contributed by atoms with Crippen LogP contribution in [0.1, 0.15) is 20.3 Å². The van der Waals surface area contributed by atoms with Crippen LogP contribution in [0.15, 0.2) is 22.1 Å². The van der Waals surface area contributed by atoms with Gasteiger partial charge in [0.1, 0.15) is 0 Å². The second-order valence-electron chi connectivity index (χ2n) is 2.18. The van der Waals surface area contributed by atoms with Crippen LogP contribution in [0, 0.1) is 0 Å². The van der Waals surface area contributed by atoms with Crippen LogP contribution in [0.5, 0.6) is 0 Å². The molecule has 0 saturated heterocycles. The third kappa shape index (κ3) is 4.80. The molecule has 0 radical (unpaired) electrons. The molecule has 0 amide bonds. The van der Waals surface area contributed by atoms with Crippen molar-refractivity contribution < 1.29 is 8.42 Å². The fourth-order valence-electron chi connectivity index (χ4n) is 0.626. The Kier molecular flexibility index (Phi) is 4.90. The van der Waals surface area contributed by atoms with Crippen LogP contribution in [-0.4, -0.2) is 8.42 Å². The van der Waals surface area contributed by atoms with Crippen molar-refractivity contribution in [3.05, 3.63) is 22.1 Å². The summed E-state index contributed by atoms with van der Waals surface area (Å²) in [6.45, 7) is 3.41. The number of hydrogen-bond donors (Lipinski definition) is 0. The van der Waals surface area contributed by atoms with Crippen LogP contribution in [0.4, 0.5) is 0 Å². The lowest BCUT2D eigenvalue weighted by molar-refractivity contribution is 0.615. The summed E-state index contributed by atoms with van der Waals surface area (Å²) < 4.78 is 21.7. The van der Waals surface area contributed by atoms with Crippen molar-refractivity contribution in [2.45, 2.75) is 20.3 Å². The van der Waals surface area contributed by atoms with Crippen LogP contribution < -0.4 is 0 Å². The van der Waals surface area contributed by atoms with Gasteiger partial charge in [-0.15, -0.1) is 0 Å². The number of allylic oxidation sites excluding steroid dienone is 3. The Bertz CT molecular complexity index is 297. The molecule has 0 spiro atoms. The van der Waals surface area contributed by atoms with Gasteiger partial charge in [0, 0.05) is 15.7 Å². The molecule has 0 aliphatic rings. The van der Waals surface area contributed by atoms with Gasteiger partial charge in [-0.05, 0) is 19.4 Å². The number of hydrogen-bond acceptors (Lipinski definition) is 2. The van der Waals surface area contributed by atoms with E-state index in [1.165, 1.54) is 12.2 Å². The Hall–Kier alpha value is 0.01000. The van der Waals surface area contributed by atoms with Crippen molar-refractivity contribution in [1.82, 2.24) is 0 Å². The van der Waals surface area contributed by atoms with Gasteiger partial charge in [0.2, 0.25) is 0 Å². The van der Waals surface area contributed by atoms with Gasteiger partial charge in [0.05, 0.1) is 4.91 Å². The summed E-state index contributed by atoms with van der Waals surface area (Å²) in [5, 5.41) is 0.388. The maximum Gasteiger partial charge on any atom is 0.261 e. The van der Waals surface area contributed by atoms with Gasteiger partial charge in [0.15, 0.2) is 0 Å². The van der Waals surface area contributed by atoms with Crippen LogP contribution in [0.2, 0.25) is 0 Å². The zero-order valence-electron chi connectivity index (χ0n) is 6.84. The van der Waals surface area contributed by atoms with E-state index in [2.05, 4.69) is 0 Å². The molecule has 0 N–H and O–H groups in total. The van der Waals surface area contributed by atoms with Gasteiger partial charge in [-0.1, -0.05) is 24.6 Å². The average molecular weight is 229 g/mol. The fourth-order valence-corrected chi connectivity index (χ4v) is 1.81. The molecule has 0 aromatic carbocycles. The third-order valence-corrected chi connectivity index (χ3v) is 2.52. The maximum absolute atomic E-state index is 10.9. The molecule has 0 aliphatic heterocycles. The minimum absolute atomic E-state index is 0.0548. The summed E-state index contributed by atoms with van der Waals surface area (Å²) in [4.78, 5) is 0.0548. The van der Waals surface area contributed by atoms with E-state index in [1.54, 1.807) is 6.92 Å². The minimum atomic E-state index is -3.65. The molecule has 0 aromatic rings. The average Bonchev–Trinajstić information content (AvgIpc) is 1.83. The normalized spacial score (nSPS) is 15.0. The molecular formula is C7H10Cl2O2S. The first-order chi connectivity index (χ1) is 5.38. The summed E-state index contributed by atoms with van der Waals surface area (Å²) in [5.74, 6) is 0. The first kappa shape index (κ1) is 12.0. The van der Waals surface area contributed by atoms with E-state index in [0.717, 1.165) is 0 Å². The third-order valence-electron chi connectivity index (χ3n) is 1.03. The van der Waals surface area contributed by atoms with Crippen molar-refractivity contribution in [3.63, 3.8) is 0 Å². The molecule has 70 valence electrons. The quantitative estimate of drug-likeness (QED) is 0.550. The zero-order valence-corrected chi connectivity index (χ0v) is 9.17. The van der Waals surface area contributed by atoms with E-state index in [1.807, 2.05) is 6.92 Å². The lowest BCUT2D eigenvalue weighted by Gasteiger charge is -1.95. The highest BCUT2D eigenvalue weighted by Gasteiger charge is 2.10. The van der Waals surface area contributed by atoms with Gasteiger partial charge >= 0.3 is 0 Å². The van der Waals surface area contributed by atoms with E-state index in [9.17, 15) is 8.42 Å². The summed E-state index contributed by atoms with van der Waals surface area (Å²) in [7, 11) is 1.47. The first-order valence-electron chi connectivity index (χ1n) is 3.36. The summed E-state index contributed by atoms with van der Waals surface area (Å²) in [6.07, 6.45) is 3.43. The van der Waals surface area contributed by atoms with Gasteiger partial charge in [-0.3, -0.25) is 0 Å². The van der Waals surface area contributed by atoms with Crippen molar-refractivity contribution >= 4 is 31.3 Å². The van der Waals surface area contributed by atoms with Gasteiger partial charge < -0.3 is 0 Å². The Labute approximate surface area is 82.3 Å². The molecule has 0 rings (SSSR count). The second kappa shape index (κ2) is 4.90. The van der Waals surface area contributed by atoms with Crippen LogP contribution in [0.3, 0.4) is 0 Å². The molecule has 0 atom stereocenters. The second-order valence-corrected chi connectivity index (χ2v) is 5.35. The SMILES string of the molecule is CC/C=C(\C=C(/C)Cl)S(=O)(=O)Cl. The molecule has 0 fully saturated rings. The molecule has 2 nitrogen and oxygen atoms in total. The van der Waals surface area contributed by atoms with Crippen molar-refractivity contribution in [2.24, 2.45) is 0 Å². The number of rotatable bonds is 3. The molecule has 0 bridgehead atoms. The van der Waals surface area contributed by atoms with Crippen LogP contribution in [-0.2, 0) is 9.05 Å². The van der Waals surface area contributed by atoms with E-state index in [4.69, 9.17) is 22.3 Å². The minimum Gasteiger partial charge on any atom is -0.207 e. The van der Waals surface area contributed by atoms with Gasteiger partial charge in [0.25, 0.3) is 9.05 Å². The summed E-state index contributed by atoms with van der Waals surface area (Å²) in [6, 6.07) is 0. The standard InChI is InChI=1S/C7H10Cl2O2S/c1-3-4-7(5-6(2)8)12(9,10)11/h4-5H,3H2,1-2H3/b6-5+,7-4+. The van der Waals surface area contributed by atoms with Crippen molar-refractivity contribution in [1.29, 1.82) is 0 Å². The van der Waals surface area contributed by atoms with E-state index in [0.29, 0.717) is 11.5 Å². The fraction of sp³-hybridized carbons (Fsp3) is 0.429. The summed E-state index contributed by atoms with van der Waals surface area (Å²) >= 11 is 5.51. The first-order valence-corrected chi connectivity index (χ1v) is 6.05. The number of halogens is 2. The summed E-state index contributed by atoms with van der Waals surface area (Å²) in [5.41, 5.74) is 0. The molecular weight excluding hydrogens is 219 g/mol. The molecule has 5 heteroatoms. The molecule has 0 heterocycles. The Balaban J connectivity index is 4.97. The molecule has 0 aromatic heterocycles. The van der Waals surface area contributed by atoms with Crippen LogP contribution in [0.25, 0.3) is 0 Å². The van der Waals surface area contributed by atoms with E-state index < -0.39 is 9.05 Å². The van der Waals surface area contributed by atoms with E-state index >= 15 is 0 Å². The topological polar surface area (TPSA) is 34.1 Å². The highest BCUT2D eigenvalue weighted by atomic mass is 35.7. The van der Waals surface area contributed by atoms with Gasteiger partial charge in [-0.25, -0.2) is 8.42 Å². The van der Waals surface area contributed by atoms with Crippen LogP contribution >= 0.6 is 22.3 Å². The monoisotopic (exact) mass is 228 g/mol. The maximum atomic E-state index is 10.9. The zero-order chi connectivity index (χ0) is 9.78. The Morgan fingerprint density at radius 2 is 2.00 bits per heavy atom. The van der Waals surface area contributed by atoms with Crippen molar-refractivity contribution in [3.8, 4) is 0 Å². The van der Waals surface area contributed by atoms with Crippen molar-refractivity contribution in [2.75, 3.05) is 0 Å². The smallest absolute Gasteiger partial charge is 0.207 e. The lowest BCUT2D eigenvalue weighted by atomic mass is 10.4. The van der Waals surface area contributed by atoms with E-state index in [-0.39, 0.29) is 4.91 Å². The Morgan fingerprint density at radius 1 is 1.50 bits per heavy atom. The predicted molar refractivity (Wildman–Crippen MR) is 52.8 cm³/mol. The van der Waals surface area contributed by atoms with Gasteiger partial charge in [-0.2, -0.15) is 0 Å². The largest absolute Gasteiger partial charge is 0.261 e. The highest BCUT2D eigenvalue weighted by Crippen LogP contribution is 2.17. The molecule has 12 heavy (non-hydrogen) atoms.